The number of likely N-dealkylation sites (N-methyl/N-ethyl adjacent to an activating group) is 1. The molecule has 20 heavy (non-hydrogen) atoms. The van der Waals surface area contributed by atoms with Gasteiger partial charge in [-0.2, -0.15) is 0 Å². The van der Waals surface area contributed by atoms with E-state index in [0.717, 1.165) is 45.7 Å². The standard InChI is InChI=1S/C13H22N4O3/c1-15-7-9-16(10-8-15)6-2-5-14-11-12-3-4-13(20-12)17(18)19/h3-4,14H,2,5-11H2,1H3. The van der Waals surface area contributed by atoms with Crippen LogP contribution < -0.4 is 5.32 Å². The van der Waals surface area contributed by atoms with Crippen LogP contribution in [0.3, 0.4) is 0 Å². The van der Waals surface area contributed by atoms with Crippen LogP contribution in [0, 0.1) is 10.1 Å². The van der Waals surface area contributed by atoms with Gasteiger partial charge in [0, 0.05) is 26.2 Å². The van der Waals surface area contributed by atoms with Gasteiger partial charge in [0.25, 0.3) is 0 Å². The van der Waals surface area contributed by atoms with E-state index in [0.29, 0.717) is 12.3 Å². The Morgan fingerprint density at radius 2 is 2.10 bits per heavy atom. The normalized spacial score (nSPS) is 17.4. The Labute approximate surface area is 118 Å². The van der Waals surface area contributed by atoms with Gasteiger partial charge in [-0.15, -0.1) is 0 Å². The average molecular weight is 282 g/mol. The van der Waals surface area contributed by atoms with Crippen LogP contribution in [0.25, 0.3) is 0 Å². The lowest BCUT2D eigenvalue weighted by Crippen LogP contribution is -2.45. The Bertz CT molecular complexity index is 427. The van der Waals surface area contributed by atoms with Gasteiger partial charge in [0.2, 0.25) is 0 Å². The summed E-state index contributed by atoms with van der Waals surface area (Å²) >= 11 is 0. The summed E-state index contributed by atoms with van der Waals surface area (Å²) in [7, 11) is 2.15. The maximum atomic E-state index is 10.5. The van der Waals surface area contributed by atoms with Crippen molar-refractivity contribution in [2.45, 2.75) is 13.0 Å². The molecule has 1 fully saturated rings. The van der Waals surface area contributed by atoms with Crippen LogP contribution in [0.4, 0.5) is 5.88 Å². The third-order valence-corrected chi connectivity index (χ3v) is 3.55. The van der Waals surface area contributed by atoms with E-state index in [9.17, 15) is 10.1 Å². The molecule has 0 aliphatic carbocycles. The highest BCUT2D eigenvalue weighted by atomic mass is 16.6. The molecular formula is C13H22N4O3. The molecule has 0 aromatic carbocycles. The second kappa shape index (κ2) is 7.37. The van der Waals surface area contributed by atoms with Crippen molar-refractivity contribution >= 4 is 5.88 Å². The van der Waals surface area contributed by atoms with Crippen LogP contribution in [-0.4, -0.2) is 61.0 Å². The molecular weight excluding hydrogens is 260 g/mol. The summed E-state index contributed by atoms with van der Waals surface area (Å²) in [6.45, 7) is 7.09. The van der Waals surface area contributed by atoms with Gasteiger partial charge in [0.15, 0.2) is 0 Å². The molecule has 1 aliphatic heterocycles. The van der Waals surface area contributed by atoms with Gasteiger partial charge in [-0.1, -0.05) is 0 Å². The van der Waals surface area contributed by atoms with E-state index >= 15 is 0 Å². The van der Waals surface area contributed by atoms with Crippen LogP contribution in [0.15, 0.2) is 16.5 Å². The van der Waals surface area contributed by atoms with Crippen molar-refractivity contribution in [3.63, 3.8) is 0 Å². The van der Waals surface area contributed by atoms with E-state index in [1.807, 2.05) is 0 Å². The molecule has 0 saturated carbocycles. The van der Waals surface area contributed by atoms with Gasteiger partial charge in [0.05, 0.1) is 12.6 Å². The first-order valence-corrected chi connectivity index (χ1v) is 7.00. The predicted molar refractivity (Wildman–Crippen MR) is 75.6 cm³/mol. The second-order valence-electron chi connectivity index (χ2n) is 5.17. The highest BCUT2D eigenvalue weighted by Crippen LogP contribution is 2.15. The number of furan rings is 1. The second-order valence-corrected chi connectivity index (χ2v) is 5.17. The number of nitrogens with one attached hydrogen (secondary N) is 1. The topological polar surface area (TPSA) is 74.8 Å². The lowest BCUT2D eigenvalue weighted by Gasteiger charge is -2.32. The molecule has 2 rings (SSSR count). The summed E-state index contributed by atoms with van der Waals surface area (Å²) in [6, 6.07) is 3.03. The molecule has 1 aromatic rings. The predicted octanol–water partition coefficient (Wildman–Crippen LogP) is 0.915. The van der Waals surface area contributed by atoms with Crippen LogP contribution in [0.2, 0.25) is 0 Å². The number of hydrogen-bond donors (Lipinski definition) is 1. The van der Waals surface area contributed by atoms with Gasteiger partial charge in [-0.05, 0) is 32.6 Å². The van der Waals surface area contributed by atoms with E-state index in [1.54, 1.807) is 6.07 Å². The molecule has 0 spiro atoms. The van der Waals surface area contributed by atoms with Crippen LogP contribution in [-0.2, 0) is 6.54 Å². The minimum absolute atomic E-state index is 0.195. The molecule has 0 amide bonds. The first-order chi connectivity index (χ1) is 9.65. The maximum absolute atomic E-state index is 10.5. The molecule has 1 aromatic heterocycles. The Morgan fingerprint density at radius 3 is 2.75 bits per heavy atom. The molecule has 1 N–H and O–H groups in total. The van der Waals surface area contributed by atoms with Crippen molar-refractivity contribution < 1.29 is 9.34 Å². The van der Waals surface area contributed by atoms with Gasteiger partial charge in [-0.3, -0.25) is 10.1 Å². The molecule has 0 atom stereocenters. The smallest absolute Gasteiger partial charge is 0.404 e. The number of nitrogens with zero attached hydrogens (tertiary/aromatic N) is 3. The third-order valence-electron chi connectivity index (χ3n) is 3.55. The largest absolute Gasteiger partial charge is 0.433 e. The zero-order valence-corrected chi connectivity index (χ0v) is 11.9. The lowest BCUT2D eigenvalue weighted by molar-refractivity contribution is -0.402. The van der Waals surface area contributed by atoms with Gasteiger partial charge in [0.1, 0.15) is 10.7 Å². The quantitative estimate of drug-likeness (QED) is 0.455. The van der Waals surface area contributed by atoms with Crippen LogP contribution in [0.5, 0.6) is 0 Å². The molecule has 0 unspecified atom stereocenters. The van der Waals surface area contributed by atoms with Crippen molar-refractivity contribution in [3.05, 3.63) is 28.0 Å². The SMILES string of the molecule is CN1CCN(CCCNCc2ccc([N+](=O)[O-])o2)CC1. The molecule has 7 heteroatoms. The minimum Gasteiger partial charge on any atom is -0.404 e. The van der Waals surface area contributed by atoms with Gasteiger partial charge >= 0.3 is 5.88 Å². The molecule has 1 aliphatic rings. The molecule has 2 heterocycles. The Morgan fingerprint density at radius 1 is 1.35 bits per heavy atom. The Kier molecular flexibility index (Phi) is 5.51. The first-order valence-electron chi connectivity index (χ1n) is 7.00. The molecule has 7 nitrogen and oxygen atoms in total. The zero-order chi connectivity index (χ0) is 14.4. The Balaban J connectivity index is 1.56. The summed E-state index contributed by atoms with van der Waals surface area (Å²) < 4.78 is 5.08. The Hall–Kier alpha value is -1.44. The van der Waals surface area contributed by atoms with Crippen LogP contribution >= 0.6 is 0 Å². The van der Waals surface area contributed by atoms with Crippen molar-refractivity contribution in [2.24, 2.45) is 0 Å². The van der Waals surface area contributed by atoms with E-state index in [-0.39, 0.29) is 5.88 Å². The zero-order valence-electron chi connectivity index (χ0n) is 11.9. The fraction of sp³-hybridized carbons (Fsp3) is 0.692. The summed E-state index contributed by atoms with van der Waals surface area (Å²) in [5.41, 5.74) is 0. The summed E-state index contributed by atoms with van der Waals surface area (Å²) in [5, 5.41) is 13.7. The highest BCUT2D eigenvalue weighted by molar-refractivity contribution is 5.17. The molecule has 112 valence electrons. The molecule has 0 bridgehead atoms. The first kappa shape index (κ1) is 15.0. The van der Waals surface area contributed by atoms with E-state index in [1.165, 1.54) is 6.07 Å². The highest BCUT2D eigenvalue weighted by Gasteiger charge is 2.13. The fourth-order valence-corrected chi connectivity index (χ4v) is 2.27. The van der Waals surface area contributed by atoms with E-state index in [2.05, 4.69) is 22.2 Å². The number of hydrogen-bond acceptors (Lipinski definition) is 6. The maximum Gasteiger partial charge on any atom is 0.433 e. The number of rotatable bonds is 7. The van der Waals surface area contributed by atoms with Crippen molar-refractivity contribution in [1.29, 1.82) is 0 Å². The molecule has 1 saturated heterocycles. The summed E-state index contributed by atoms with van der Waals surface area (Å²) in [5.74, 6) is 0.413. The average Bonchev–Trinajstić information content (AvgIpc) is 2.89. The lowest BCUT2D eigenvalue weighted by atomic mass is 10.3. The van der Waals surface area contributed by atoms with Gasteiger partial charge < -0.3 is 19.5 Å². The summed E-state index contributed by atoms with van der Waals surface area (Å²) in [4.78, 5) is 14.8. The minimum atomic E-state index is -0.517. The van der Waals surface area contributed by atoms with Crippen molar-refractivity contribution in [3.8, 4) is 0 Å². The third kappa shape index (κ3) is 4.59. The van der Waals surface area contributed by atoms with Crippen molar-refractivity contribution in [2.75, 3.05) is 46.3 Å². The molecule has 0 radical (unpaired) electrons. The van der Waals surface area contributed by atoms with E-state index < -0.39 is 4.92 Å². The van der Waals surface area contributed by atoms with Gasteiger partial charge in [-0.25, -0.2) is 0 Å². The van der Waals surface area contributed by atoms with Crippen LogP contribution in [0.1, 0.15) is 12.2 Å². The van der Waals surface area contributed by atoms with Crippen molar-refractivity contribution in [1.82, 2.24) is 15.1 Å². The fourth-order valence-electron chi connectivity index (χ4n) is 2.27. The van der Waals surface area contributed by atoms with E-state index in [4.69, 9.17) is 4.42 Å². The number of piperazine rings is 1. The number of nitro groups is 1. The summed E-state index contributed by atoms with van der Waals surface area (Å²) in [6.07, 6.45) is 1.08. The monoisotopic (exact) mass is 282 g/mol.